The summed E-state index contributed by atoms with van der Waals surface area (Å²) >= 11 is 1.59. The Morgan fingerprint density at radius 2 is 2.35 bits per heavy atom. The molecule has 1 aliphatic heterocycles. The molecule has 17 heavy (non-hydrogen) atoms. The first-order valence-corrected chi connectivity index (χ1v) is 8.27. The second kappa shape index (κ2) is 6.28. The average Bonchev–Trinajstić information content (AvgIpc) is 2.25. The van der Waals surface area contributed by atoms with E-state index in [-0.39, 0.29) is 19.0 Å². The number of hydrogen-bond donors (Lipinski definition) is 1. The van der Waals surface area contributed by atoms with Crippen LogP contribution in [-0.2, 0) is 14.6 Å². The first kappa shape index (κ1) is 14.4. The van der Waals surface area contributed by atoms with E-state index in [0.717, 1.165) is 5.75 Å². The van der Waals surface area contributed by atoms with Crippen LogP contribution >= 0.6 is 11.8 Å². The van der Waals surface area contributed by atoms with E-state index in [9.17, 15) is 13.2 Å². The fourth-order valence-corrected chi connectivity index (χ4v) is 4.52. The second-order valence-electron chi connectivity index (χ2n) is 3.81. The van der Waals surface area contributed by atoms with Crippen molar-refractivity contribution in [1.82, 2.24) is 10.2 Å². The van der Waals surface area contributed by atoms with Crippen molar-refractivity contribution in [2.45, 2.75) is 5.37 Å². The van der Waals surface area contributed by atoms with Crippen molar-refractivity contribution in [1.29, 1.82) is 0 Å². The van der Waals surface area contributed by atoms with Gasteiger partial charge in [-0.25, -0.2) is 8.42 Å². The minimum absolute atomic E-state index is 0.0833. The Morgan fingerprint density at radius 3 is 2.94 bits per heavy atom. The lowest BCUT2D eigenvalue weighted by molar-refractivity contribution is -0.122. The third-order valence-corrected chi connectivity index (χ3v) is 5.11. The predicted molar refractivity (Wildman–Crippen MR) is 69.4 cm³/mol. The molecule has 96 valence electrons. The summed E-state index contributed by atoms with van der Waals surface area (Å²) in [6.07, 6.45) is 6.23. The van der Waals surface area contributed by atoms with Gasteiger partial charge in [0.1, 0.15) is 5.37 Å². The fourth-order valence-electron chi connectivity index (χ4n) is 1.58. The number of carbonyl (C=O) groups is 1. The van der Waals surface area contributed by atoms with Crippen LogP contribution in [0.5, 0.6) is 0 Å². The number of nitrogens with one attached hydrogen (secondary N) is 1. The lowest BCUT2D eigenvalue weighted by Gasteiger charge is -2.33. The topological polar surface area (TPSA) is 66.5 Å². The molecule has 0 spiro atoms. The number of hydrogen-bond acceptors (Lipinski definition) is 5. The zero-order valence-electron chi connectivity index (χ0n) is 9.68. The summed E-state index contributed by atoms with van der Waals surface area (Å²) in [6.45, 7) is 0.858. The van der Waals surface area contributed by atoms with Gasteiger partial charge in [0.15, 0.2) is 9.84 Å². The van der Waals surface area contributed by atoms with Gasteiger partial charge in [-0.05, 0) is 0 Å². The average molecular weight is 276 g/mol. The van der Waals surface area contributed by atoms with E-state index in [1.807, 2.05) is 0 Å². The van der Waals surface area contributed by atoms with Crippen LogP contribution in [0.15, 0.2) is 0 Å². The zero-order valence-corrected chi connectivity index (χ0v) is 11.3. The molecule has 0 aliphatic carbocycles. The van der Waals surface area contributed by atoms with Gasteiger partial charge in [-0.15, -0.1) is 6.42 Å². The van der Waals surface area contributed by atoms with Gasteiger partial charge in [0.25, 0.3) is 0 Å². The standard InChI is InChI=1S/C10H16N2O3S2/c1-3-4-11-9(13)7-12-5-6-16-8-10(12)17(2,14)15/h1,10H,4-8H2,2H3,(H,11,13). The van der Waals surface area contributed by atoms with Crippen LogP contribution in [0.2, 0.25) is 0 Å². The molecule has 0 radical (unpaired) electrons. The van der Waals surface area contributed by atoms with Gasteiger partial charge in [0.2, 0.25) is 5.91 Å². The van der Waals surface area contributed by atoms with Gasteiger partial charge in [0.05, 0.1) is 13.1 Å². The van der Waals surface area contributed by atoms with Crippen LogP contribution in [0.4, 0.5) is 0 Å². The van der Waals surface area contributed by atoms with E-state index in [1.165, 1.54) is 6.26 Å². The summed E-state index contributed by atoms with van der Waals surface area (Å²) < 4.78 is 23.1. The number of rotatable bonds is 4. The number of terminal acetylenes is 1. The largest absolute Gasteiger partial charge is 0.344 e. The molecule has 1 heterocycles. The molecule has 1 unspecified atom stereocenters. The minimum Gasteiger partial charge on any atom is -0.344 e. The van der Waals surface area contributed by atoms with Crippen LogP contribution in [0.1, 0.15) is 0 Å². The lowest BCUT2D eigenvalue weighted by Crippen LogP contribution is -2.50. The van der Waals surface area contributed by atoms with Crippen molar-refractivity contribution in [3.05, 3.63) is 0 Å². The molecule has 5 nitrogen and oxygen atoms in total. The Morgan fingerprint density at radius 1 is 1.65 bits per heavy atom. The number of amides is 1. The molecule has 1 aliphatic rings. The maximum atomic E-state index is 11.6. The van der Waals surface area contributed by atoms with E-state index in [4.69, 9.17) is 6.42 Å². The summed E-state index contributed by atoms with van der Waals surface area (Å²) in [5, 5.41) is 1.96. The summed E-state index contributed by atoms with van der Waals surface area (Å²) in [5.74, 6) is 3.43. The lowest BCUT2D eigenvalue weighted by atomic mass is 10.4. The van der Waals surface area contributed by atoms with Gasteiger partial charge in [-0.3, -0.25) is 9.69 Å². The fraction of sp³-hybridized carbons (Fsp3) is 0.700. The van der Waals surface area contributed by atoms with E-state index >= 15 is 0 Å². The summed E-state index contributed by atoms with van der Waals surface area (Å²) in [6, 6.07) is 0. The zero-order chi connectivity index (χ0) is 12.9. The molecule has 7 heteroatoms. The van der Waals surface area contributed by atoms with Crippen LogP contribution in [0.3, 0.4) is 0 Å². The summed E-state index contributed by atoms with van der Waals surface area (Å²) in [7, 11) is -3.16. The van der Waals surface area contributed by atoms with Gasteiger partial charge in [-0.1, -0.05) is 5.92 Å². The molecule has 1 fully saturated rings. The normalized spacial score (nSPS) is 21.8. The highest BCUT2D eigenvalue weighted by molar-refractivity contribution is 8.00. The van der Waals surface area contributed by atoms with Crippen molar-refractivity contribution in [2.24, 2.45) is 0 Å². The Balaban J connectivity index is 2.61. The van der Waals surface area contributed by atoms with E-state index in [2.05, 4.69) is 11.2 Å². The van der Waals surface area contributed by atoms with Crippen molar-refractivity contribution in [2.75, 3.05) is 37.4 Å². The highest BCUT2D eigenvalue weighted by Crippen LogP contribution is 2.19. The molecular weight excluding hydrogens is 260 g/mol. The highest BCUT2D eigenvalue weighted by atomic mass is 32.2. The maximum absolute atomic E-state index is 11.6. The van der Waals surface area contributed by atoms with Gasteiger partial charge >= 0.3 is 0 Å². The monoisotopic (exact) mass is 276 g/mol. The van der Waals surface area contributed by atoms with Crippen LogP contribution in [0.25, 0.3) is 0 Å². The predicted octanol–water partition coefficient (Wildman–Crippen LogP) is -0.845. The maximum Gasteiger partial charge on any atom is 0.234 e. The van der Waals surface area contributed by atoms with Crippen LogP contribution in [-0.4, -0.2) is 62.0 Å². The SMILES string of the molecule is C#CCNC(=O)CN1CCSCC1S(C)(=O)=O. The van der Waals surface area contributed by atoms with Crippen molar-refractivity contribution >= 4 is 27.5 Å². The van der Waals surface area contributed by atoms with Crippen molar-refractivity contribution in [3.8, 4) is 12.3 Å². The van der Waals surface area contributed by atoms with Gasteiger partial charge in [-0.2, -0.15) is 11.8 Å². The van der Waals surface area contributed by atoms with E-state index in [0.29, 0.717) is 12.3 Å². The quantitative estimate of drug-likeness (QED) is 0.678. The Bertz CT molecular complexity index is 414. The molecule has 0 bridgehead atoms. The molecule has 0 aromatic rings. The number of thioether (sulfide) groups is 1. The summed E-state index contributed by atoms with van der Waals surface area (Å²) in [5.41, 5.74) is 0. The molecule has 0 aromatic heterocycles. The Labute approximate surface area is 106 Å². The molecule has 1 rings (SSSR count). The molecular formula is C10H16N2O3S2. The van der Waals surface area contributed by atoms with E-state index in [1.54, 1.807) is 16.7 Å². The van der Waals surface area contributed by atoms with Crippen LogP contribution < -0.4 is 5.32 Å². The van der Waals surface area contributed by atoms with Gasteiger partial charge in [0, 0.05) is 24.3 Å². The third kappa shape index (κ3) is 4.58. The highest BCUT2D eigenvalue weighted by Gasteiger charge is 2.31. The van der Waals surface area contributed by atoms with Crippen LogP contribution in [0, 0.1) is 12.3 Å². The third-order valence-electron chi connectivity index (χ3n) is 2.42. The number of sulfone groups is 1. The van der Waals surface area contributed by atoms with Crippen molar-refractivity contribution < 1.29 is 13.2 Å². The smallest absolute Gasteiger partial charge is 0.234 e. The molecule has 1 amide bonds. The Hall–Kier alpha value is -0.710. The molecule has 1 atom stereocenters. The Kier molecular flexibility index (Phi) is 5.31. The molecule has 1 N–H and O–H groups in total. The molecule has 0 aromatic carbocycles. The number of carbonyl (C=O) groups excluding carboxylic acids is 1. The molecule has 1 saturated heterocycles. The first-order valence-electron chi connectivity index (χ1n) is 5.16. The minimum atomic E-state index is -3.16. The summed E-state index contributed by atoms with van der Waals surface area (Å²) in [4.78, 5) is 13.2. The first-order chi connectivity index (χ1) is 7.95. The second-order valence-corrected chi connectivity index (χ2v) is 7.16. The molecule has 0 saturated carbocycles. The van der Waals surface area contributed by atoms with E-state index < -0.39 is 15.2 Å². The number of nitrogens with zero attached hydrogens (tertiary/aromatic N) is 1. The van der Waals surface area contributed by atoms with Gasteiger partial charge < -0.3 is 5.32 Å². The van der Waals surface area contributed by atoms with Crippen molar-refractivity contribution in [3.63, 3.8) is 0 Å².